The molecule has 17 heavy (non-hydrogen) atoms. The predicted molar refractivity (Wildman–Crippen MR) is 64.0 cm³/mol. The number of rotatable bonds is 7. The molecule has 1 rings (SSSR count). The number of nitrogens with two attached hydrogens (primary N) is 2. The van der Waals surface area contributed by atoms with Crippen molar-refractivity contribution in [3.63, 3.8) is 0 Å². The molecule has 0 fully saturated rings. The molecule has 0 unspecified atom stereocenters. The standard InChI is InChI=1S/C12H17N3O2/c13-10(2-4-12(14)17)11(16)3-1-9-5-7-15-8-6-9/h5-8,10H,1-4,13H2,(H2,14,17)/t10-/m0/s1. The lowest BCUT2D eigenvalue weighted by Crippen LogP contribution is -2.32. The monoisotopic (exact) mass is 235 g/mol. The maximum absolute atomic E-state index is 11.6. The molecule has 0 spiro atoms. The van der Waals surface area contributed by atoms with Crippen LogP contribution in [-0.2, 0) is 16.0 Å². The Morgan fingerprint density at radius 2 is 1.88 bits per heavy atom. The second-order valence-corrected chi connectivity index (χ2v) is 3.93. The summed E-state index contributed by atoms with van der Waals surface area (Å²) in [6.45, 7) is 0. The van der Waals surface area contributed by atoms with Gasteiger partial charge in [0.15, 0.2) is 0 Å². The average molecular weight is 235 g/mol. The molecule has 0 radical (unpaired) electrons. The lowest BCUT2D eigenvalue weighted by Gasteiger charge is -2.09. The zero-order valence-electron chi connectivity index (χ0n) is 9.63. The molecule has 1 amide bonds. The fraction of sp³-hybridized carbons (Fsp3) is 0.417. The molecular formula is C12H17N3O2. The molecule has 5 nitrogen and oxygen atoms in total. The van der Waals surface area contributed by atoms with Crippen molar-refractivity contribution >= 4 is 11.7 Å². The summed E-state index contributed by atoms with van der Waals surface area (Å²) in [5.74, 6) is -0.467. The molecule has 0 aliphatic heterocycles. The maximum atomic E-state index is 11.6. The first-order chi connectivity index (χ1) is 8.09. The number of ketones is 1. The van der Waals surface area contributed by atoms with Crippen LogP contribution < -0.4 is 11.5 Å². The van der Waals surface area contributed by atoms with Gasteiger partial charge in [0, 0.05) is 25.2 Å². The normalized spacial score (nSPS) is 12.1. The third kappa shape index (κ3) is 5.21. The van der Waals surface area contributed by atoms with Gasteiger partial charge in [0.1, 0.15) is 5.78 Å². The predicted octanol–water partition coefficient (Wildman–Crippen LogP) is 0.176. The summed E-state index contributed by atoms with van der Waals surface area (Å²) in [4.78, 5) is 26.1. The van der Waals surface area contributed by atoms with Crippen LogP contribution in [0.2, 0.25) is 0 Å². The number of aryl methyl sites for hydroxylation is 1. The molecule has 1 aromatic heterocycles. The molecule has 1 atom stereocenters. The van der Waals surface area contributed by atoms with Crippen LogP contribution in [0.25, 0.3) is 0 Å². The second-order valence-electron chi connectivity index (χ2n) is 3.93. The van der Waals surface area contributed by atoms with Crippen LogP contribution >= 0.6 is 0 Å². The molecule has 1 heterocycles. The van der Waals surface area contributed by atoms with E-state index in [0.717, 1.165) is 5.56 Å². The summed E-state index contributed by atoms with van der Waals surface area (Å²) >= 11 is 0. The number of hydrogen-bond donors (Lipinski definition) is 2. The van der Waals surface area contributed by atoms with Crippen LogP contribution in [0.4, 0.5) is 0 Å². The quantitative estimate of drug-likeness (QED) is 0.704. The molecule has 92 valence electrons. The number of hydrogen-bond acceptors (Lipinski definition) is 4. The van der Waals surface area contributed by atoms with E-state index in [9.17, 15) is 9.59 Å². The Morgan fingerprint density at radius 3 is 2.47 bits per heavy atom. The Kier molecular flexibility index (Phi) is 5.29. The smallest absolute Gasteiger partial charge is 0.217 e. The first-order valence-corrected chi connectivity index (χ1v) is 5.55. The van der Waals surface area contributed by atoms with E-state index in [4.69, 9.17) is 11.5 Å². The van der Waals surface area contributed by atoms with Gasteiger partial charge in [-0.25, -0.2) is 0 Å². The first-order valence-electron chi connectivity index (χ1n) is 5.55. The van der Waals surface area contributed by atoms with Gasteiger partial charge in [-0.15, -0.1) is 0 Å². The lowest BCUT2D eigenvalue weighted by atomic mass is 10.0. The van der Waals surface area contributed by atoms with Crippen molar-refractivity contribution in [2.24, 2.45) is 11.5 Å². The van der Waals surface area contributed by atoms with E-state index in [1.165, 1.54) is 0 Å². The van der Waals surface area contributed by atoms with E-state index in [0.29, 0.717) is 19.3 Å². The van der Waals surface area contributed by atoms with E-state index >= 15 is 0 Å². The van der Waals surface area contributed by atoms with Crippen molar-refractivity contribution in [1.82, 2.24) is 4.98 Å². The number of nitrogens with zero attached hydrogens (tertiary/aromatic N) is 1. The molecular weight excluding hydrogens is 218 g/mol. The number of carbonyl (C=O) groups is 2. The third-order valence-corrected chi connectivity index (χ3v) is 2.52. The summed E-state index contributed by atoms with van der Waals surface area (Å²) in [7, 11) is 0. The van der Waals surface area contributed by atoms with Gasteiger partial charge in [0.25, 0.3) is 0 Å². The highest BCUT2D eigenvalue weighted by Crippen LogP contribution is 2.05. The van der Waals surface area contributed by atoms with Crippen molar-refractivity contribution in [2.45, 2.75) is 31.7 Å². The molecule has 0 bridgehead atoms. The van der Waals surface area contributed by atoms with Crippen LogP contribution in [0.3, 0.4) is 0 Å². The number of aromatic nitrogens is 1. The van der Waals surface area contributed by atoms with Crippen LogP contribution in [0.1, 0.15) is 24.8 Å². The number of carbonyl (C=O) groups excluding carboxylic acids is 2. The summed E-state index contributed by atoms with van der Waals surface area (Å²) in [6.07, 6.45) is 4.88. The lowest BCUT2D eigenvalue weighted by molar-refractivity contribution is -0.121. The topological polar surface area (TPSA) is 99.1 Å². The van der Waals surface area contributed by atoms with Crippen molar-refractivity contribution in [1.29, 1.82) is 0 Å². The van der Waals surface area contributed by atoms with Crippen LogP contribution in [0.15, 0.2) is 24.5 Å². The van der Waals surface area contributed by atoms with Gasteiger partial charge < -0.3 is 11.5 Å². The van der Waals surface area contributed by atoms with Crippen molar-refractivity contribution < 1.29 is 9.59 Å². The molecule has 5 heteroatoms. The van der Waals surface area contributed by atoms with Gasteiger partial charge in [-0.3, -0.25) is 14.6 Å². The van der Waals surface area contributed by atoms with Gasteiger partial charge in [-0.05, 0) is 30.5 Å². The van der Waals surface area contributed by atoms with E-state index in [1.807, 2.05) is 12.1 Å². The highest BCUT2D eigenvalue weighted by molar-refractivity contribution is 5.84. The van der Waals surface area contributed by atoms with Gasteiger partial charge in [0.2, 0.25) is 5.91 Å². The minimum Gasteiger partial charge on any atom is -0.370 e. The van der Waals surface area contributed by atoms with Crippen molar-refractivity contribution in [2.75, 3.05) is 0 Å². The number of amides is 1. The molecule has 0 saturated heterocycles. The summed E-state index contributed by atoms with van der Waals surface area (Å²) in [5, 5.41) is 0. The average Bonchev–Trinajstić information content (AvgIpc) is 2.34. The third-order valence-electron chi connectivity index (χ3n) is 2.52. The number of Topliss-reactive ketones (excluding diaryl/α,β-unsaturated/α-hetero) is 1. The Morgan fingerprint density at radius 1 is 1.24 bits per heavy atom. The van der Waals surface area contributed by atoms with Gasteiger partial charge in [-0.1, -0.05) is 0 Å². The highest BCUT2D eigenvalue weighted by atomic mass is 16.1. The molecule has 0 saturated carbocycles. The number of primary amides is 1. The highest BCUT2D eigenvalue weighted by Gasteiger charge is 2.13. The van der Waals surface area contributed by atoms with Gasteiger partial charge in [0.05, 0.1) is 6.04 Å². The first kappa shape index (κ1) is 13.3. The van der Waals surface area contributed by atoms with Crippen LogP contribution in [0, 0.1) is 0 Å². The largest absolute Gasteiger partial charge is 0.370 e. The maximum Gasteiger partial charge on any atom is 0.217 e. The van der Waals surface area contributed by atoms with Crippen molar-refractivity contribution in [3.8, 4) is 0 Å². The minimum absolute atomic E-state index is 0.0388. The zero-order chi connectivity index (χ0) is 12.7. The van der Waals surface area contributed by atoms with E-state index in [1.54, 1.807) is 12.4 Å². The van der Waals surface area contributed by atoms with Crippen LogP contribution in [-0.4, -0.2) is 22.7 Å². The molecule has 1 aromatic rings. The van der Waals surface area contributed by atoms with Gasteiger partial charge in [-0.2, -0.15) is 0 Å². The van der Waals surface area contributed by atoms with E-state index < -0.39 is 11.9 Å². The SMILES string of the molecule is NC(=O)CC[C@H](N)C(=O)CCc1ccncc1. The molecule has 0 aliphatic carbocycles. The summed E-state index contributed by atoms with van der Waals surface area (Å²) in [5.41, 5.74) is 11.7. The van der Waals surface area contributed by atoms with Gasteiger partial charge >= 0.3 is 0 Å². The molecule has 0 aliphatic rings. The zero-order valence-corrected chi connectivity index (χ0v) is 9.63. The molecule has 0 aromatic carbocycles. The Hall–Kier alpha value is -1.75. The van der Waals surface area contributed by atoms with Crippen LogP contribution in [0.5, 0.6) is 0 Å². The fourth-order valence-electron chi connectivity index (χ4n) is 1.46. The van der Waals surface area contributed by atoms with E-state index in [-0.39, 0.29) is 12.2 Å². The van der Waals surface area contributed by atoms with Crippen molar-refractivity contribution in [3.05, 3.63) is 30.1 Å². The fourth-order valence-corrected chi connectivity index (χ4v) is 1.46. The number of pyridine rings is 1. The summed E-state index contributed by atoms with van der Waals surface area (Å²) < 4.78 is 0. The summed E-state index contributed by atoms with van der Waals surface area (Å²) in [6, 6.07) is 3.13. The minimum atomic E-state index is -0.593. The van der Waals surface area contributed by atoms with E-state index in [2.05, 4.69) is 4.98 Å². The Balaban J connectivity index is 2.32. The Bertz CT molecular complexity index is 379. The second kappa shape index (κ2) is 6.75. The Labute approximate surface area is 100 Å². The molecule has 4 N–H and O–H groups in total.